The largest absolute Gasteiger partial charge is 0.348 e. The summed E-state index contributed by atoms with van der Waals surface area (Å²) in [7, 11) is -3.93. The number of nitrogens with one attached hydrogen (secondary N) is 2. The van der Waals surface area contributed by atoms with Crippen LogP contribution in [0, 0.1) is 5.82 Å². The number of hydrogen-bond acceptors (Lipinski definition) is 5. The van der Waals surface area contributed by atoms with Crippen LogP contribution in [-0.2, 0) is 16.6 Å². The first-order chi connectivity index (χ1) is 13.3. The van der Waals surface area contributed by atoms with Gasteiger partial charge in [0.1, 0.15) is 18.5 Å². The lowest BCUT2D eigenvalue weighted by atomic mass is 10.2. The van der Waals surface area contributed by atoms with Crippen molar-refractivity contribution >= 4 is 21.6 Å². The van der Waals surface area contributed by atoms with E-state index in [0.29, 0.717) is 6.54 Å². The van der Waals surface area contributed by atoms with Crippen molar-refractivity contribution in [3.8, 4) is 0 Å². The summed E-state index contributed by atoms with van der Waals surface area (Å²) in [6.45, 7) is 2.23. The number of carbonyl (C=O) groups excluding carboxylic acids is 1. The molecular formula is C18H18FN5O3S. The molecule has 10 heteroatoms. The van der Waals surface area contributed by atoms with E-state index in [1.165, 1.54) is 49.1 Å². The number of sulfonamides is 1. The van der Waals surface area contributed by atoms with Gasteiger partial charge >= 0.3 is 0 Å². The molecule has 8 nitrogen and oxygen atoms in total. The van der Waals surface area contributed by atoms with Gasteiger partial charge in [0.05, 0.1) is 11.4 Å². The highest BCUT2D eigenvalue weighted by Crippen LogP contribution is 2.17. The molecule has 1 atom stereocenters. The fourth-order valence-corrected chi connectivity index (χ4v) is 3.60. The highest BCUT2D eigenvalue weighted by Gasteiger charge is 2.17. The molecule has 1 aromatic heterocycles. The Kier molecular flexibility index (Phi) is 5.69. The number of rotatable bonds is 7. The molecule has 28 heavy (non-hydrogen) atoms. The molecule has 0 radical (unpaired) electrons. The van der Waals surface area contributed by atoms with Gasteiger partial charge in [-0.2, -0.15) is 5.10 Å². The minimum absolute atomic E-state index is 0.0756. The number of carbonyl (C=O) groups is 1. The maximum atomic E-state index is 13.0. The minimum Gasteiger partial charge on any atom is -0.348 e. The zero-order valence-corrected chi connectivity index (χ0v) is 15.7. The Hall–Kier alpha value is -3.27. The number of nitrogens with zero attached hydrogens (tertiary/aromatic N) is 3. The first-order valence-electron chi connectivity index (χ1n) is 8.35. The second-order valence-electron chi connectivity index (χ2n) is 6.13. The minimum atomic E-state index is -3.93. The predicted molar refractivity (Wildman–Crippen MR) is 101 cm³/mol. The third-order valence-corrected chi connectivity index (χ3v) is 5.19. The molecule has 0 fully saturated rings. The van der Waals surface area contributed by atoms with Gasteiger partial charge in [-0.25, -0.2) is 17.8 Å². The molecule has 3 rings (SSSR count). The van der Waals surface area contributed by atoms with Crippen LogP contribution < -0.4 is 10.0 Å². The van der Waals surface area contributed by atoms with Crippen LogP contribution in [0.2, 0.25) is 0 Å². The summed E-state index contributed by atoms with van der Waals surface area (Å²) in [6.07, 6.45) is 2.94. The Balaban J connectivity index is 1.71. The van der Waals surface area contributed by atoms with E-state index in [4.69, 9.17) is 0 Å². The zero-order valence-electron chi connectivity index (χ0n) is 14.9. The third kappa shape index (κ3) is 4.92. The summed E-state index contributed by atoms with van der Waals surface area (Å²) < 4.78 is 42.0. The summed E-state index contributed by atoms with van der Waals surface area (Å²) in [6, 6.07) is 10.4. The van der Waals surface area contributed by atoms with E-state index in [2.05, 4.69) is 20.1 Å². The van der Waals surface area contributed by atoms with Crippen molar-refractivity contribution < 1.29 is 17.6 Å². The van der Waals surface area contributed by atoms with Crippen molar-refractivity contribution in [3.05, 3.63) is 72.6 Å². The quantitative estimate of drug-likeness (QED) is 0.628. The molecule has 0 spiro atoms. The highest BCUT2D eigenvalue weighted by molar-refractivity contribution is 7.92. The molecule has 146 valence electrons. The van der Waals surface area contributed by atoms with Crippen LogP contribution in [-0.4, -0.2) is 35.1 Å². The number of halogens is 1. The van der Waals surface area contributed by atoms with Crippen LogP contribution in [0.5, 0.6) is 0 Å². The first-order valence-corrected chi connectivity index (χ1v) is 9.83. The van der Waals surface area contributed by atoms with Crippen LogP contribution in [0.15, 0.2) is 66.1 Å². The number of hydrogen-bond donors (Lipinski definition) is 2. The van der Waals surface area contributed by atoms with Crippen molar-refractivity contribution in [2.75, 3.05) is 4.72 Å². The summed E-state index contributed by atoms with van der Waals surface area (Å²) >= 11 is 0. The molecule has 1 unspecified atom stereocenters. The van der Waals surface area contributed by atoms with E-state index in [1.807, 2.05) is 0 Å². The van der Waals surface area contributed by atoms with Crippen LogP contribution in [0.1, 0.15) is 17.3 Å². The molecule has 0 aliphatic rings. The Morgan fingerprint density at radius 3 is 2.64 bits per heavy atom. The molecule has 0 saturated carbocycles. The van der Waals surface area contributed by atoms with Crippen LogP contribution in [0.25, 0.3) is 0 Å². The Morgan fingerprint density at radius 1 is 1.21 bits per heavy atom. The Labute approximate surface area is 161 Å². The molecule has 0 aliphatic carbocycles. The van der Waals surface area contributed by atoms with E-state index in [0.717, 1.165) is 12.1 Å². The normalized spacial score (nSPS) is 12.4. The van der Waals surface area contributed by atoms with Gasteiger partial charge < -0.3 is 5.32 Å². The summed E-state index contributed by atoms with van der Waals surface area (Å²) in [5.41, 5.74) is 0.421. The standard InChI is InChI=1S/C18H18FN5O3S/c1-13(10-24-12-20-11-21-24)22-18(25)14-3-2-4-17(9-14)28(26,27)23-16-7-5-15(19)6-8-16/h2-9,11-13,23H,10H2,1H3,(H,22,25). The van der Waals surface area contributed by atoms with Gasteiger partial charge in [-0.05, 0) is 49.4 Å². The van der Waals surface area contributed by atoms with E-state index in [9.17, 15) is 17.6 Å². The van der Waals surface area contributed by atoms with Gasteiger partial charge in [0.25, 0.3) is 15.9 Å². The van der Waals surface area contributed by atoms with Crippen molar-refractivity contribution in [2.24, 2.45) is 0 Å². The van der Waals surface area contributed by atoms with Crippen molar-refractivity contribution in [1.82, 2.24) is 20.1 Å². The molecule has 0 bridgehead atoms. The van der Waals surface area contributed by atoms with E-state index < -0.39 is 21.7 Å². The van der Waals surface area contributed by atoms with E-state index in [-0.39, 0.29) is 22.2 Å². The van der Waals surface area contributed by atoms with Gasteiger partial charge in [-0.3, -0.25) is 14.2 Å². The number of anilines is 1. The summed E-state index contributed by atoms with van der Waals surface area (Å²) in [5, 5.41) is 6.76. The van der Waals surface area contributed by atoms with Crippen molar-refractivity contribution in [2.45, 2.75) is 24.4 Å². The molecule has 0 aliphatic heterocycles. The van der Waals surface area contributed by atoms with Gasteiger partial charge in [-0.1, -0.05) is 6.07 Å². The van der Waals surface area contributed by atoms with Gasteiger partial charge in [0.15, 0.2) is 0 Å². The number of benzene rings is 2. The van der Waals surface area contributed by atoms with Crippen molar-refractivity contribution in [3.63, 3.8) is 0 Å². The monoisotopic (exact) mass is 403 g/mol. The molecule has 1 amide bonds. The number of amides is 1. The van der Waals surface area contributed by atoms with Gasteiger partial charge in [-0.15, -0.1) is 0 Å². The lowest BCUT2D eigenvalue weighted by molar-refractivity contribution is 0.0935. The highest BCUT2D eigenvalue weighted by atomic mass is 32.2. The van der Waals surface area contributed by atoms with Crippen molar-refractivity contribution in [1.29, 1.82) is 0 Å². The molecule has 0 saturated heterocycles. The van der Waals surface area contributed by atoms with E-state index >= 15 is 0 Å². The molecular weight excluding hydrogens is 385 g/mol. The molecule has 3 aromatic rings. The fourth-order valence-electron chi connectivity index (χ4n) is 2.50. The molecule has 2 aromatic carbocycles. The third-order valence-electron chi connectivity index (χ3n) is 3.81. The van der Waals surface area contributed by atoms with Crippen LogP contribution in [0.3, 0.4) is 0 Å². The summed E-state index contributed by atoms with van der Waals surface area (Å²) in [5.74, 6) is -0.881. The molecule has 1 heterocycles. The lowest BCUT2D eigenvalue weighted by Gasteiger charge is -2.14. The zero-order chi connectivity index (χ0) is 20.1. The maximum absolute atomic E-state index is 13.0. The number of aromatic nitrogens is 3. The summed E-state index contributed by atoms with van der Waals surface area (Å²) in [4.78, 5) is 16.2. The average molecular weight is 403 g/mol. The maximum Gasteiger partial charge on any atom is 0.261 e. The van der Waals surface area contributed by atoms with Gasteiger partial charge in [0.2, 0.25) is 0 Å². The lowest BCUT2D eigenvalue weighted by Crippen LogP contribution is -2.35. The van der Waals surface area contributed by atoms with Crippen LogP contribution >= 0.6 is 0 Å². The fraction of sp³-hybridized carbons (Fsp3) is 0.167. The Bertz CT molecular complexity index is 1050. The second kappa shape index (κ2) is 8.17. The second-order valence-corrected chi connectivity index (χ2v) is 7.81. The predicted octanol–water partition coefficient (Wildman–Crippen LogP) is 2.04. The average Bonchev–Trinajstić information content (AvgIpc) is 3.16. The topological polar surface area (TPSA) is 106 Å². The van der Waals surface area contributed by atoms with Gasteiger partial charge in [0, 0.05) is 17.3 Å². The van der Waals surface area contributed by atoms with Crippen LogP contribution in [0.4, 0.5) is 10.1 Å². The SMILES string of the molecule is CC(Cn1cncn1)NC(=O)c1cccc(S(=O)(=O)Nc2ccc(F)cc2)c1. The first kappa shape index (κ1) is 19.5. The smallest absolute Gasteiger partial charge is 0.261 e. The molecule has 2 N–H and O–H groups in total. The Morgan fingerprint density at radius 2 is 1.96 bits per heavy atom. The van der Waals surface area contributed by atoms with E-state index in [1.54, 1.807) is 11.6 Å².